The fourth-order valence-corrected chi connectivity index (χ4v) is 3.66. The van der Waals surface area contributed by atoms with Crippen molar-refractivity contribution in [3.8, 4) is 0 Å². The Morgan fingerprint density at radius 1 is 1.32 bits per heavy atom. The van der Waals surface area contributed by atoms with Gasteiger partial charge >= 0.3 is 0 Å². The summed E-state index contributed by atoms with van der Waals surface area (Å²) >= 11 is 0. The fraction of sp³-hybridized carbons (Fsp3) is 0.571. The molecule has 106 valence electrons. The van der Waals surface area contributed by atoms with Crippen LogP contribution in [-0.4, -0.2) is 21.0 Å². The van der Waals surface area contributed by atoms with Gasteiger partial charge in [0.1, 0.15) is 0 Å². The van der Waals surface area contributed by atoms with Crippen LogP contribution in [0.15, 0.2) is 29.2 Å². The van der Waals surface area contributed by atoms with Crippen LogP contribution in [0.1, 0.15) is 31.7 Å². The van der Waals surface area contributed by atoms with Crippen molar-refractivity contribution >= 4 is 10.0 Å². The van der Waals surface area contributed by atoms with Crippen molar-refractivity contribution in [3.05, 3.63) is 29.8 Å². The highest BCUT2D eigenvalue weighted by atomic mass is 32.2. The molecule has 0 radical (unpaired) electrons. The van der Waals surface area contributed by atoms with Crippen molar-refractivity contribution in [2.75, 3.05) is 6.54 Å². The van der Waals surface area contributed by atoms with Crippen LogP contribution in [0.25, 0.3) is 0 Å². The SMILES string of the molecule is CC(NS(=O)(=O)c1ccc(CCN)cc1)C1CCC1. The summed E-state index contributed by atoms with van der Waals surface area (Å²) < 4.78 is 27.2. The number of hydrogen-bond donors (Lipinski definition) is 2. The first kappa shape index (κ1) is 14.5. The zero-order chi connectivity index (χ0) is 13.9. The van der Waals surface area contributed by atoms with Crippen LogP contribution in [0.5, 0.6) is 0 Å². The molecule has 4 nitrogen and oxygen atoms in total. The molecule has 0 bridgehead atoms. The van der Waals surface area contributed by atoms with E-state index in [1.165, 1.54) is 6.42 Å². The van der Waals surface area contributed by atoms with Gasteiger partial charge in [-0.3, -0.25) is 0 Å². The Hall–Kier alpha value is -0.910. The van der Waals surface area contributed by atoms with E-state index in [-0.39, 0.29) is 6.04 Å². The predicted molar refractivity (Wildman–Crippen MR) is 76.3 cm³/mol. The van der Waals surface area contributed by atoms with Gasteiger partial charge in [-0.15, -0.1) is 0 Å². The van der Waals surface area contributed by atoms with Crippen molar-refractivity contribution in [3.63, 3.8) is 0 Å². The Bertz CT molecular complexity index is 507. The summed E-state index contributed by atoms with van der Waals surface area (Å²) in [6.45, 7) is 2.52. The van der Waals surface area contributed by atoms with E-state index >= 15 is 0 Å². The molecular weight excluding hydrogens is 260 g/mol. The molecule has 1 saturated carbocycles. The topological polar surface area (TPSA) is 72.2 Å². The number of hydrogen-bond acceptors (Lipinski definition) is 3. The Kier molecular flexibility index (Phi) is 4.60. The summed E-state index contributed by atoms with van der Waals surface area (Å²) in [5.41, 5.74) is 6.54. The molecule has 1 unspecified atom stereocenters. The molecule has 1 aromatic rings. The lowest BCUT2D eigenvalue weighted by atomic mass is 9.81. The summed E-state index contributed by atoms with van der Waals surface area (Å²) in [6, 6.07) is 6.98. The number of rotatable bonds is 6. The first-order chi connectivity index (χ1) is 9.03. The minimum Gasteiger partial charge on any atom is -0.330 e. The molecule has 1 aliphatic carbocycles. The van der Waals surface area contributed by atoms with Crippen LogP contribution in [-0.2, 0) is 16.4 Å². The summed E-state index contributed by atoms with van der Waals surface area (Å²) in [4.78, 5) is 0.333. The quantitative estimate of drug-likeness (QED) is 0.833. The highest BCUT2D eigenvalue weighted by Crippen LogP contribution is 2.30. The van der Waals surface area contributed by atoms with Gasteiger partial charge in [-0.05, 0) is 56.3 Å². The largest absolute Gasteiger partial charge is 0.330 e. The van der Waals surface area contributed by atoms with Crippen molar-refractivity contribution in [1.29, 1.82) is 0 Å². The third-order valence-electron chi connectivity index (χ3n) is 3.86. The normalized spacial score (nSPS) is 18.0. The summed E-state index contributed by atoms with van der Waals surface area (Å²) in [5.74, 6) is 0.492. The molecule has 1 fully saturated rings. The van der Waals surface area contributed by atoms with E-state index in [0.29, 0.717) is 17.4 Å². The van der Waals surface area contributed by atoms with Crippen LogP contribution in [0.4, 0.5) is 0 Å². The van der Waals surface area contributed by atoms with Crippen LogP contribution >= 0.6 is 0 Å². The lowest BCUT2D eigenvalue weighted by molar-refractivity contribution is 0.260. The highest BCUT2D eigenvalue weighted by molar-refractivity contribution is 7.89. The molecule has 0 spiro atoms. The van der Waals surface area contributed by atoms with Gasteiger partial charge in [0.15, 0.2) is 0 Å². The molecule has 0 heterocycles. The van der Waals surface area contributed by atoms with E-state index in [4.69, 9.17) is 5.73 Å². The van der Waals surface area contributed by atoms with Gasteiger partial charge in [-0.25, -0.2) is 13.1 Å². The number of nitrogens with two attached hydrogens (primary N) is 1. The Labute approximate surface area is 115 Å². The van der Waals surface area contributed by atoms with Crippen molar-refractivity contribution in [2.24, 2.45) is 11.7 Å². The van der Waals surface area contributed by atoms with E-state index in [2.05, 4.69) is 4.72 Å². The fourth-order valence-electron chi connectivity index (χ4n) is 2.35. The van der Waals surface area contributed by atoms with Crippen LogP contribution in [0.2, 0.25) is 0 Å². The van der Waals surface area contributed by atoms with E-state index in [0.717, 1.165) is 24.8 Å². The monoisotopic (exact) mass is 282 g/mol. The van der Waals surface area contributed by atoms with E-state index in [9.17, 15) is 8.42 Å². The molecule has 1 aromatic carbocycles. The maximum absolute atomic E-state index is 12.2. The Morgan fingerprint density at radius 3 is 2.42 bits per heavy atom. The third-order valence-corrected chi connectivity index (χ3v) is 5.44. The highest BCUT2D eigenvalue weighted by Gasteiger charge is 2.27. The second-order valence-electron chi connectivity index (χ2n) is 5.28. The maximum Gasteiger partial charge on any atom is 0.240 e. The lowest BCUT2D eigenvalue weighted by Crippen LogP contribution is -2.40. The van der Waals surface area contributed by atoms with E-state index < -0.39 is 10.0 Å². The molecule has 3 N–H and O–H groups in total. The van der Waals surface area contributed by atoms with Crippen molar-refractivity contribution < 1.29 is 8.42 Å². The Balaban J connectivity index is 2.05. The van der Waals surface area contributed by atoms with Crippen LogP contribution in [0.3, 0.4) is 0 Å². The number of nitrogens with one attached hydrogen (secondary N) is 1. The molecule has 2 rings (SSSR count). The zero-order valence-corrected chi connectivity index (χ0v) is 12.1. The molecule has 1 aliphatic rings. The minimum absolute atomic E-state index is 0.0162. The number of benzene rings is 1. The molecular formula is C14H22N2O2S. The summed E-state index contributed by atoms with van der Waals surface area (Å²) in [5, 5.41) is 0. The van der Waals surface area contributed by atoms with E-state index in [1.807, 2.05) is 19.1 Å². The lowest BCUT2D eigenvalue weighted by Gasteiger charge is -2.31. The molecule has 19 heavy (non-hydrogen) atoms. The molecule has 0 aromatic heterocycles. The molecule has 0 amide bonds. The van der Waals surface area contributed by atoms with Crippen LogP contribution in [0, 0.1) is 5.92 Å². The predicted octanol–water partition coefficient (Wildman–Crippen LogP) is 1.65. The van der Waals surface area contributed by atoms with Gasteiger partial charge in [-0.1, -0.05) is 18.6 Å². The van der Waals surface area contributed by atoms with Gasteiger partial charge in [0.05, 0.1) is 4.90 Å². The molecule has 5 heteroatoms. The summed E-state index contributed by atoms with van der Waals surface area (Å²) in [6.07, 6.45) is 4.23. The molecule has 1 atom stereocenters. The van der Waals surface area contributed by atoms with Gasteiger partial charge in [-0.2, -0.15) is 0 Å². The van der Waals surface area contributed by atoms with E-state index in [1.54, 1.807) is 12.1 Å². The van der Waals surface area contributed by atoms with Gasteiger partial charge in [0.25, 0.3) is 0 Å². The Morgan fingerprint density at radius 2 is 1.95 bits per heavy atom. The maximum atomic E-state index is 12.2. The van der Waals surface area contributed by atoms with Crippen molar-refractivity contribution in [2.45, 2.75) is 43.5 Å². The average molecular weight is 282 g/mol. The molecule has 0 aliphatic heterocycles. The zero-order valence-electron chi connectivity index (χ0n) is 11.3. The molecule has 0 saturated heterocycles. The second-order valence-corrected chi connectivity index (χ2v) is 7.00. The van der Waals surface area contributed by atoms with Gasteiger partial charge in [0.2, 0.25) is 10.0 Å². The van der Waals surface area contributed by atoms with Crippen molar-refractivity contribution in [1.82, 2.24) is 4.72 Å². The third kappa shape index (κ3) is 3.55. The number of sulfonamides is 1. The van der Waals surface area contributed by atoms with Gasteiger partial charge in [0, 0.05) is 6.04 Å². The van der Waals surface area contributed by atoms with Gasteiger partial charge < -0.3 is 5.73 Å². The average Bonchev–Trinajstić information content (AvgIpc) is 2.27. The summed E-state index contributed by atoms with van der Waals surface area (Å²) in [7, 11) is -3.39. The van der Waals surface area contributed by atoms with Crippen LogP contribution < -0.4 is 10.5 Å². The standard InChI is InChI=1S/C14H22N2O2S/c1-11(13-3-2-4-13)16-19(17,18)14-7-5-12(6-8-14)9-10-15/h5-8,11,13,16H,2-4,9-10,15H2,1H3. The first-order valence-electron chi connectivity index (χ1n) is 6.84. The first-order valence-corrected chi connectivity index (χ1v) is 8.32. The minimum atomic E-state index is -3.39. The second kappa shape index (κ2) is 6.03. The smallest absolute Gasteiger partial charge is 0.240 e.